The Morgan fingerprint density at radius 1 is 1.25 bits per heavy atom. The lowest BCUT2D eigenvalue weighted by molar-refractivity contribution is 0.293. The molecule has 0 saturated heterocycles. The van der Waals surface area contributed by atoms with Gasteiger partial charge in [-0.05, 0) is 32.4 Å². The number of ether oxygens (including phenoxy) is 1. The molecule has 1 aromatic carbocycles. The molecule has 0 saturated carbocycles. The van der Waals surface area contributed by atoms with Gasteiger partial charge < -0.3 is 10.5 Å². The molecule has 0 aliphatic heterocycles. The first kappa shape index (κ1) is 14.6. The fourth-order valence-electron chi connectivity index (χ4n) is 2.03. The third-order valence-electron chi connectivity index (χ3n) is 3.33. The lowest BCUT2D eigenvalue weighted by Gasteiger charge is -2.15. The number of aromatic nitrogens is 2. The van der Waals surface area contributed by atoms with Crippen LogP contribution in [0.5, 0.6) is 5.75 Å². The van der Waals surface area contributed by atoms with Gasteiger partial charge in [-0.2, -0.15) is 5.10 Å². The van der Waals surface area contributed by atoms with E-state index >= 15 is 0 Å². The van der Waals surface area contributed by atoms with E-state index in [2.05, 4.69) is 25.9 Å². The minimum absolute atomic E-state index is 0.0134. The van der Waals surface area contributed by atoms with Crippen molar-refractivity contribution in [3.8, 4) is 5.75 Å². The molecule has 0 aliphatic carbocycles. The molecule has 1 unspecified atom stereocenters. The van der Waals surface area contributed by atoms with E-state index in [0.29, 0.717) is 12.6 Å². The summed E-state index contributed by atoms with van der Waals surface area (Å²) in [5, 5.41) is 4.48. The van der Waals surface area contributed by atoms with Crippen LogP contribution in [0.3, 0.4) is 0 Å². The summed E-state index contributed by atoms with van der Waals surface area (Å²) in [6, 6.07) is 10.3. The number of para-hydroxylation sites is 1. The molecule has 2 aromatic rings. The third-order valence-corrected chi connectivity index (χ3v) is 3.33. The Labute approximate surface area is 120 Å². The van der Waals surface area contributed by atoms with Gasteiger partial charge in [0.2, 0.25) is 0 Å². The van der Waals surface area contributed by atoms with Crippen LogP contribution in [-0.2, 0) is 6.61 Å². The van der Waals surface area contributed by atoms with E-state index in [1.54, 1.807) is 0 Å². The number of hydrogen-bond donors (Lipinski definition) is 1. The summed E-state index contributed by atoms with van der Waals surface area (Å²) < 4.78 is 7.82. The van der Waals surface area contributed by atoms with Crippen molar-refractivity contribution in [2.45, 2.75) is 45.9 Å². The van der Waals surface area contributed by atoms with Crippen LogP contribution in [0.15, 0.2) is 36.5 Å². The van der Waals surface area contributed by atoms with Gasteiger partial charge in [-0.3, -0.25) is 4.68 Å². The van der Waals surface area contributed by atoms with Crippen molar-refractivity contribution in [1.29, 1.82) is 0 Å². The molecule has 0 amide bonds. The number of nitrogens with two attached hydrogens (primary N) is 1. The van der Waals surface area contributed by atoms with Crippen molar-refractivity contribution in [2.75, 3.05) is 0 Å². The third kappa shape index (κ3) is 3.39. The van der Waals surface area contributed by atoms with E-state index in [1.807, 2.05) is 41.2 Å². The second kappa shape index (κ2) is 6.57. The molecule has 20 heavy (non-hydrogen) atoms. The number of benzene rings is 1. The summed E-state index contributed by atoms with van der Waals surface area (Å²) in [4.78, 5) is 0. The molecule has 0 fully saturated rings. The van der Waals surface area contributed by atoms with E-state index in [1.165, 1.54) is 0 Å². The summed E-state index contributed by atoms with van der Waals surface area (Å²) in [5.41, 5.74) is 8.09. The summed E-state index contributed by atoms with van der Waals surface area (Å²) >= 11 is 0. The van der Waals surface area contributed by atoms with Crippen molar-refractivity contribution in [3.05, 3.63) is 47.8 Å². The van der Waals surface area contributed by atoms with Crippen molar-refractivity contribution >= 4 is 0 Å². The average molecular weight is 273 g/mol. The molecule has 0 bridgehead atoms. The molecule has 1 heterocycles. The fourth-order valence-corrected chi connectivity index (χ4v) is 2.03. The molecule has 108 valence electrons. The molecule has 0 radical (unpaired) electrons. The minimum Gasteiger partial charge on any atom is -0.487 e. The number of nitrogens with zero attached hydrogens (tertiary/aromatic N) is 2. The van der Waals surface area contributed by atoms with E-state index in [0.717, 1.165) is 23.4 Å². The highest BCUT2D eigenvalue weighted by Gasteiger charge is 2.10. The second-order valence-electron chi connectivity index (χ2n) is 5.22. The maximum absolute atomic E-state index is 6.11. The Morgan fingerprint density at radius 2 is 2.00 bits per heavy atom. The zero-order valence-electron chi connectivity index (χ0n) is 12.4. The lowest BCUT2D eigenvalue weighted by atomic mass is 10.0. The molecular formula is C16H23N3O. The van der Waals surface area contributed by atoms with E-state index in [4.69, 9.17) is 10.5 Å². The average Bonchev–Trinajstić information content (AvgIpc) is 2.93. The van der Waals surface area contributed by atoms with Gasteiger partial charge in [0.05, 0.1) is 5.69 Å². The second-order valence-corrected chi connectivity index (χ2v) is 5.22. The van der Waals surface area contributed by atoms with Crippen LogP contribution in [0.4, 0.5) is 0 Å². The van der Waals surface area contributed by atoms with Crippen LogP contribution in [-0.4, -0.2) is 9.78 Å². The van der Waals surface area contributed by atoms with Gasteiger partial charge in [0.25, 0.3) is 0 Å². The van der Waals surface area contributed by atoms with Gasteiger partial charge in [-0.25, -0.2) is 0 Å². The Kier molecular flexibility index (Phi) is 4.79. The predicted octanol–water partition coefficient (Wildman–Crippen LogP) is 3.45. The van der Waals surface area contributed by atoms with Crippen LogP contribution < -0.4 is 10.5 Å². The summed E-state index contributed by atoms with van der Waals surface area (Å²) in [5.74, 6) is 0.848. The maximum atomic E-state index is 6.11. The van der Waals surface area contributed by atoms with Gasteiger partial charge in [0.15, 0.2) is 0 Å². The van der Waals surface area contributed by atoms with Gasteiger partial charge in [0.1, 0.15) is 12.4 Å². The smallest absolute Gasteiger partial charge is 0.132 e. The number of rotatable bonds is 6. The number of hydrogen-bond acceptors (Lipinski definition) is 3. The van der Waals surface area contributed by atoms with E-state index in [-0.39, 0.29) is 6.04 Å². The molecule has 2 N–H and O–H groups in total. The Balaban J connectivity index is 2.06. The van der Waals surface area contributed by atoms with Crippen LogP contribution in [0.1, 0.15) is 50.5 Å². The largest absolute Gasteiger partial charge is 0.487 e. The van der Waals surface area contributed by atoms with Gasteiger partial charge >= 0.3 is 0 Å². The monoisotopic (exact) mass is 273 g/mol. The highest BCUT2D eigenvalue weighted by Crippen LogP contribution is 2.26. The van der Waals surface area contributed by atoms with Crippen molar-refractivity contribution in [2.24, 2.45) is 5.73 Å². The molecule has 0 aliphatic rings. The summed E-state index contributed by atoms with van der Waals surface area (Å²) in [6.45, 7) is 6.75. The summed E-state index contributed by atoms with van der Waals surface area (Å²) in [6.07, 6.45) is 2.87. The molecule has 0 spiro atoms. The molecule has 4 heteroatoms. The molecule has 1 atom stereocenters. The van der Waals surface area contributed by atoms with Gasteiger partial charge in [-0.1, -0.05) is 25.1 Å². The first-order valence-corrected chi connectivity index (χ1v) is 7.13. The maximum Gasteiger partial charge on any atom is 0.132 e. The van der Waals surface area contributed by atoms with Crippen LogP contribution in [0.2, 0.25) is 0 Å². The zero-order valence-corrected chi connectivity index (χ0v) is 12.4. The predicted molar refractivity (Wildman–Crippen MR) is 80.6 cm³/mol. The first-order valence-electron chi connectivity index (χ1n) is 7.13. The highest BCUT2D eigenvalue weighted by molar-refractivity contribution is 5.35. The highest BCUT2D eigenvalue weighted by atomic mass is 16.5. The van der Waals surface area contributed by atoms with Crippen LogP contribution in [0, 0.1) is 0 Å². The minimum atomic E-state index is 0.0134. The SMILES string of the molecule is CCC(N)c1ccccc1OCc1ccn(C(C)C)n1. The quantitative estimate of drug-likeness (QED) is 0.877. The van der Waals surface area contributed by atoms with Crippen LogP contribution >= 0.6 is 0 Å². The van der Waals surface area contributed by atoms with Crippen molar-refractivity contribution in [1.82, 2.24) is 9.78 Å². The summed E-state index contributed by atoms with van der Waals surface area (Å²) in [7, 11) is 0. The normalized spacial score (nSPS) is 12.7. The molecule has 2 rings (SSSR count). The van der Waals surface area contributed by atoms with Gasteiger partial charge in [-0.15, -0.1) is 0 Å². The van der Waals surface area contributed by atoms with Crippen LogP contribution in [0.25, 0.3) is 0 Å². The zero-order chi connectivity index (χ0) is 14.5. The lowest BCUT2D eigenvalue weighted by Crippen LogP contribution is -2.11. The Morgan fingerprint density at radius 3 is 2.65 bits per heavy atom. The first-order chi connectivity index (χ1) is 9.61. The van der Waals surface area contributed by atoms with E-state index < -0.39 is 0 Å². The van der Waals surface area contributed by atoms with Gasteiger partial charge in [0, 0.05) is 23.8 Å². The molecule has 1 aromatic heterocycles. The molecule has 4 nitrogen and oxygen atoms in total. The Bertz CT molecular complexity index is 548. The molecular weight excluding hydrogens is 250 g/mol. The standard InChI is InChI=1S/C16H23N3O/c1-4-15(17)14-7-5-6-8-16(14)20-11-13-9-10-19(18-13)12(2)3/h5-10,12,15H,4,11,17H2,1-3H3. The topological polar surface area (TPSA) is 53.1 Å². The van der Waals surface area contributed by atoms with Crippen molar-refractivity contribution in [3.63, 3.8) is 0 Å². The van der Waals surface area contributed by atoms with E-state index in [9.17, 15) is 0 Å². The van der Waals surface area contributed by atoms with Crippen molar-refractivity contribution < 1.29 is 4.74 Å². The fraction of sp³-hybridized carbons (Fsp3) is 0.438. The Hall–Kier alpha value is -1.81.